The molecule has 2 aromatic rings. The summed E-state index contributed by atoms with van der Waals surface area (Å²) in [5.41, 5.74) is 0.306. The van der Waals surface area contributed by atoms with E-state index in [1.165, 1.54) is 22.0 Å². The zero-order valence-electron chi connectivity index (χ0n) is 11.2. The van der Waals surface area contributed by atoms with E-state index in [-0.39, 0.29) is 11.2 Å². The molecule has 20 heavy (non-hydrogen) atoms. The minimum absolute atomic E-state index is 0.256. The normalized spacial score (nSPS) is 10.9. The number of hydrogen-bond donors (Lipinski definition) is 0. The molecule has 0 radical (unpaired) electrons. The van der Waals surface area contributed by atoms with Gasteiger partial charge in [0, 0.05) is 37.2 Å². The Labute approximate surface area is 125 Å². The second-order valence-electron chi connectivity index (χ2n) is 4.40. The van der Waals surface area contributed by atoms with Gasteiger partial charge in [-0.15, -0.1) is 22.9 Å². The minimum atomic E-state index is -0.267. The summed E-state index contributed by atoms with van der Waals surface area (Å²) < 4.78 is 2.82. The number of aromatic nitrogens is 3. The van der Waals surface area contributed by atoms with Crippen molar-refractivity contribution in [2.75, 3.05) is 0 Å². The van der Waals surface area contributed by atoms with Gasteiger partial charge in [-0.1, -0.05) is 6.92 Å². The molecule has 0 aliphatic carbocycles. The summed E-state index contributed by atoms with van der Waals surface area (Å²) in [6, 6.07) is 1.43. The smallest absolute Gasteiger partial charge is 0.300 e. The van der Waals surface area contributed by atoms with Gasteiger partial charge in [0.1, 0.15) is 0 Å². The average molecular weight is 314 g/mol. The van der Waals surface area contributed by atoms with Crippen molar-refractivity contribution < 1.29 is 0 Å². The highest BCUT2D eigenvalue weighted by molar-refractivity contribution is 7.09. The summed E-state index contributed by atoms with van der Waals surface area (Å²) in [7, 11) is 0. The Balaban J connectivity index is 2.18. The third-order valence-corrected chi connectivity index (χ3v) is 4.12. The molecule has 2 heterocycles. The van der Waals surface area contributed by atoms with Gasteiger partial charge in [-0.25, -0.2) is 9.78 Å². The van der Waals surface area contributed by atoms with Gasteiger partial charge in [-0.05, 0) is 6.42 Å². The van der Waals surface area contributed by atoms with Crippen LogP contribution in [0.25, 0.3) is 0 Å². The predicted molar refractivity (Wildman–Crippen MR) is 80.6 cm³/mol. The molecule has 0 aliphatic heterocycles. The maximum absolute atomic E-state index is 12.2. The van der Waals surface area contributed by atoms with Crippen molar-refractivity contribution in [2.45, 2.75) is 38.7 Å². The first-order chi connectivity index (χ1) is 9.65. The molecule has 0 unspecified atom stereocenters. The Hall–Kier alpha value is -1.40. The number of rotatable bonds is 6. The minimum Gasteiger partial charge on any atom is -0.300 e. The first-order valence-corrected chi connectivity index (χ1v) is 7.86. The molecule has 0 spiro atoms. The van der Waals surface area contributed by atoms with Crippen molar-refractivity contribution in [3.05, 3.63) is 49.2 Å². The zero-order chi connectivity index (χ0) is 14.5. The monoisotopic (exact) mass is 313 g/mol. The van der Waals surface area contributed by atoms with E-state index in [1.54, 1.807) is 10.8 Å². The molecule has 7 heteroatoms. The Morgan fingerprint density at radius 2 is 2.15 bits per heavy atom. The lowest BCUT2D eigenvalue weighted by Gasteiger charge is -2.08. The third-order valence-electron chi connectivity index (χ3n) is 2.89. The molecular formula is C13H16ClN3O2S. The standard InChI is InChI=1S/C13H16ClN3O2S/c1-2-5-16-6-4-12(18)17(13(16)19)7-3-11-15-10(8-14)9-20-11/h4,6,9H,2-3,5,7-8H2,1H3. The summed E-state index contributed by atoms with van der Waals surface area (Å²) in [4.78, 5) is 28.3. The molecule has 0 fully saturated rings. The van der Waals surface area contributed by atoms with Gasteiger partial charge in [-0.3, -0.25) is 9.36 Å². The van der Waals surface area contributed by atoms with Crippen LogP contribution in [0.4, 0.5) is 0 Å². The van der Waals surface area contributed by atoms with Gasteiger partial charge in [0.2, 0.25) is 0 Å². The van der Waals surface area contributed by atoms with E-state index in [9.17, 15) is 9.59 Å². The molecule has 0 saturated heterocycles. The first-order valence-electron chi connectivity index (χ1n) is 6.45. The maximum Gasteiger partial charge on any atom is 0.330 e. The molecule has 0 atom stereocenters. The molecule has 5 nitrogen and oxygen atoms in total. The van der Waals surface area contributed by atoms with Crippen LogP contribution in [0.5, 0.6) is 0 Å². The van der Waals surface area contributed by atoms with Gasteiger partial charge >= 0.3 is 5.69 Å². The Bertz CT molecular complexity index is 689. The highest BCUT2D eigenvalue weighted by Gasteiger charge is 2.07. The van der Waals surface area contributed by atoms with Crippen LogP contribution in [0.1, 0.15) is 24.0 Å². The van der Waals surface area contributed by atoms with Crippen molar-refractivity contribution in [3.8, 4) is 0 Å². The first kappa shape index (κ1) is 15.0. The lowest BCUT2D eigenvalue weighted by atomic mass is 10.4. The van der Waals surface area contributed by atoms with Crippen molar-refractivity contribution in [1.82, 2.24) is 14.1 Å². The van der Waals surface area contributed by atoms with Crippen molar-refractivity contribution in [2.24, 2.45) is 0 Å². The third kappa shape index (κ3) is 3.37. The fraction of sp³-hybridized carbons (Fsp3) is 0.462. The van der Waals surface area contributed by atoms with Crippen molar-refractivity contribution in [3.63, 3.8) is 0 Å². The number of aryl methyl sites for hydroxylation is 2. The quantitative estimate of drug-likeness (QED) is 0.765. The second-order valence-corrected chi connectivity index (χ2v) is 5.61. The molecule has 108 valence electrons. The summed E-state index contributed by atoms with van der Waals surface area (Å²) in [6.45, 7) is 2.95. The molecule has 0 aromatic carbocycles. The van der Waals surface area contributed by atoms with Crippen molar-refractivity contribution >= 4 is 22.9 Å². The number of halogens is 1. The average Bonchev–Trinajstić information content (AvgIpc) is 2.90. The highest BCUT2D eigenvalue weighted by atomic mass is 35.5. The number of alkyl halides is 1. The number of thiazole rings is 1. The summed E-state index contributed by atoms with van der Waals surface area (Å²) in [6.07, 6.45) is 2.97. The Morgan fingerprint density at radius 1 is 1.35 bits per heavy atom. The van der Waals surface area contributed by atoms with Gasteiger partial charge in [0.15, 0.2) is 0 Å². The van der Waals surface area contributed by atoms with Crippen LogP contribution in [-0.4, -0.2) is 14.1 Å². The van der Waals surface area contributed by atoms with E-state index in [0.29, 0.717) is 25.4 Å². The topological polar surface area (TPSA) is 56.9 Å². The van der Waals surface area contributed by atoms with Crippen LogP contribution < -0.4 is 11.2 Å². The number of hydrogen-bond acceptors (Lipinski definition) is 4. The van der Waals surface area contributed by atoms with E-state index < -0.39 is 0 Å². The summed E-state index contributed by atoms with van der Waals surface area (Å²) >= 11 is 7.20. The van der Waals surface area contributed by atoms with Crippen LogP contribution in [0.2, 0.25) is 0 Å². The Morgan fingerprint density at radius 3 is 2.80 bits per heavy atom. The molecule has 0 bridgehead atoms. The molecule has 0 amide bonds. The van der Waals surface area contributed by atoms with Gasteiger partial charge in [0.05, 0.1) is 16.6 Å². The highest BCUT2D eigenvalue weighted by Crippen LogP contribution is 2.12. The SMILES string of the molecule is CCCn1ccc(=O)n(CCc2nc(CCl)cs2)c1=O. The van der Waals surface area contributed by atoms with E-state index in [1.807, 2.05) is 12.3 Å². The van der Waals surface area contributed by atoms with Gasteiger partial charge in [0.25, 0.3) is 5.56 Å². The molecule has 0 aliphatic rings. The van der Waals surface area contributed by atoms with Gasteiger partial charge < -0.3 is 4.57 Å². The van der Waals surface area contributed by atoms with Crippen LogP contribution in [-0.2, 0) is 25.4 Å². The van der Waals surface area contributed by atoms with E-state index >= 15 is 0 Å². The fourth-order valence-electron chi connectivity index (χ4n) is 1.91. The lowest BCUT2D eigenvalue weighted by Crippen LogP contribution is -2.39. The van der Waals surface area contributed by atoms with E-state index in [4.69, 9.17) is 11.6 Å². The molecule has 0 N–H and O–H groups in total. The lowest BCUT2D eigenvalue weighted by molar-refractivity contribution is 0.545. The van der Waals surface area contributed by atoms with Crippen LogP contribution in [0.15, 0.2) is 27.2 Å². The zero-order valence-corrected chi connectivity index (χ0v) is 12.8. The fourth-order valence-corrected chi connectivity index (χ4v) is 2.92. The van der Waals surface area contributed by atoms with E-state index in [2.05, 4.69) is 4.98 Å². The summed E-state index contributed by atoms with van der Waals surface area (Å²) in [5, 5.41) is 2.78. The van der Waals surface area contributed by atoms with Crippen LogP contribution in [0, 0.1) is 0 Å². The maximum atomic E-state index is 12.2. The molecule has 2 rings (SSSR count). The molecular weight excluding hydrogens is 298 g/mol. The van der Waals surface area contributed by atoms with Crippen molar-refractivity contribution in [1.29, 1.82) is 0 Å². The largest absolute Gasteiger partial charge is 0.330 e. The molecule has 2 aromatic heterocycles. The van der Waals surface area contributed by atoms with Crippen LogP contribution >= 0.6 is 22.9 Å². The van der Waals surface area contributed by atoms with Crippen LogP contribution in [0.3, 0.4) is 0 Å². The van der Waals surface area contributed by atoms with Gasteiger partial charge in [-0.2, -0.15) is 0 Å². The Kier molecular flexibility index (Phi) is 5.14. The summed E-state index contributed by atoms with van der Waals surface area (Å²) in [5.74, 6) is 0.380. The second kappa shape index (κ2) is 6.85. The van der Waals surface area contributed by atoms with E-state index in [0.717, 1.165) is 17.1 Å². The predicted octanol–water partition coefficient (Wildman–Crippen LogP) is 1.86. The molecule has 0 saturated carbocycles. The number of nitrogens with zero attached hydrogens (tertiary/aromatic N) is 3.